The van der Waals surface area contributed by atoms with E-state index in [2.05, 4.69) is 41.3 Å². The van der Waals surface area contributed by atoms with Crippen LogP contribution in [0.15, 0.2) is 24.4 Å². The maximum Gasteiger partial charge on any atom is 0.0513 e. The molecule has 1 aliphatic carbocycles. The van der Waals surface area contributed by atoms with Gasteiger partial charge in [-0.2, -0.15) is 0 Å². The second-order valence-corrected chi connectivity index (χ2v) is 6.00. The summed E-state index contributed by atoms with van der Waals surface area (Å²) in [6, 6.07) is 7.22. The molecule has 2 heteroatoms. The second kappa shape index (κ2) is 3.61. The Kier molecular flexibility index (Phi) is 2.13. The minimum atomic E-state index is 0.443. The third-order valence-electron chi connectivity index (χ3n) is 4.77. The Hall–Kier alpha value is -1.28. The van der Waals surface area contributed by atoms with Crippen molar-refractivity contribution in [2.75, 3.05) is 13.6 Å². The zero-order chi connectivity index (χ0) is 12.2. The number of likely N-dealkylation sites (N-methyl/N-ethyl adjacent to an activating group) is 1. The lowest BCUT2D eigenvalue weighted by atomic mass is 9.91. The molecule has 4 rings (SSSR count). The van der Waals surface area contributed by atoms with Gasteiger partial charge in [-0.25, -0.2) is 0 Å². The highest BCUT2D eigenvalue weighted by atomic mass is 15.0. The summed E-state index contributed by atoms with van der Waals surface area (Å²) in [5, 5.41) is 4.82. The van der Waals surface area contributed by atoms with Crippen LogP contribution in [0.4, 0.5) is 0 Å². The van der Waals surface area contributed by atoms with Gasteiger partial charge in [0.1, 0.15) is 0 Å². The molecule has 1 fully saturated rings. The molecule has 0 amide bonds. The highest BCUT2D eigenvalue weighted by Crippen LogP contribution is 2.49. The Bertz CT molecular complexity index is 605. The Morgan fingerprint density at radius 2 is 2.22 bits per heavy atom. The van der Waals surface area contributed by atoms with Crippen molar-refractivity contribution >= 4 is 10.9 Å². The van der Waals surface area contributed by atoms with Crippen LogP contribution in [-0.2, 0) is 18.4 Å². The van der Waals surface area contributed by atoms with Gasteiger partial charge in [0.05, 0.1) is 5.52 Å². The van der Waals surface area contributed by atoms with Crippen LogP contribution in [0.5, 0.6) is 0 Å². The van der Waals surface area contributed by atoms with Crippen molar-refractivity contribution in [2.45, 2.75) is 37.6 Å². The highest BCUT2D eigenvalue weighted by molar-refractivity contribution is 5.85. The Balaban J connectivity index is 1.89. The van der Waals surface area contributed by atoms with Gasteiger partial charge < -0.3 is 9.88 Å². The number of aromatic nitrogens is 1. The van der Waals surface area contributed by atoms with Gasteiger partial charge in [-0.1, -0.05) is 6.07 Å². The molecule has 0 atom stereocenters. The average molecular weight is 240 g/mol. The fourth-order valence-electron chi connectivity index (χ4n) is 3.62. The molecule has 0 radical (unpaired) electrons. The summed E-state index contributed by atoms with van der Waals surface area (Å²) in [4.78, 5) is 0. The standard InChI is InChI=1S/C16H20N2/c1-17-11-16(5-6-16)14-9-12-3-2-7-18-8-4-13(10-14)15(12)18/h4,8-10,17H,2-3,5-7,11H2,1H3. The van der Waals surface area contributed by atoms with Crippen LogP contribution in [0, 0.1) is 0 Å². The van der Waals surface area contributed by atoms with Gasteiger partial charge in [0.25, 0.3) is 0 Å². The first-order chi connectivity index (χ1) is 8.82. The molecule has 1 aromatic heterocycles. The maximum absolute atomic E-state index is 3.37. The van der Waals surface area contributed by atoms with Gasteiger partial charge in [-0.05, 0) is 56.0 Å². The van der Waals surface area contributed by atoms with E-state index in [9.17, 15) is 0 Å². The Morgan fingerprint density at radius 1 is 1.33 bits per heavy atom. The molecule has 18 heavy (non-hydrogen) atoms. The molecule has 2 heterocycles. The molecule has 1 aliphatic heterocycles. The molecule has 0 bridgehead atoms. The van der Waals surface area contributed by atoms with Crippen molar-refractivity contribution < 1.29 is 0 Å². The molecule has 0 unspecified atom stereocenters. The summed E-state index contributed by atoms with van der Waals surface area (Å²) in [6.07, 6.45) is 7.50. The van der Waals surface area contributed by atoms with Crippen molar-refractivity contribution in [1.82, 2.24) is 9.88 Å². The molecule has 94 valence electrons. The summed E-state index contributed by atoms with van der Waals surface area (Å²) in [6.45, 7) is 2.32. The SMILES string of the molecule is CNCC1(c2cc3c4c(ccn4CCC3)c2)CC1. The van der Waals surface area contributed by atoms with Gasteiger partial charge in [0, 0.05) is 30.1 Å². The van der Waals surface area contributed by atoms with E-state index in [1.807, 2.05) is 0 Å². The van der Waals surface area contributed by atoms with Gasteiger partial charge in [-0.3, -0.25) is 0 Å². The van der Waals surface area contributed by atoms with Crippen molar-refractivity contribution in [3.8, 4) is 0 Å². The summed E-state index contributed by atoms with van der Waals surface area (Å²) in [5.74, 6) is 0. The van der Waals surface area contributed by atoms with Gasteiger partial charge >= 0.3 is 0 Å². The van der Waals surface area contributed by atoms with Crippen LogP contribution in [0.25, 0.3) is 10.9 Å². The predicted octanol–water partition coefficient (Wildman–Crippen LogP) is 2.84. The van der Waals surface area contributed by atoms with Crippen LogP contribution in [0.2, 0.25) is 0 Å². The first-order valence-electron chi connectivity index (χ1n) is 7.09. The van der Waals surface area contributed by atoms with Crippen molar-refractivity contribution in [2.24, 2.45) is 0 Å². The van der Waals surface area contributed by atoms with E-state index in [4.69, 9.17) is 0 Å². The van der Waals surface area contributed by atoms with E-state index < -0.39 is 0 Å². The zero-order valence-corrected chi connectivity index (χ0v) is 11.0. The first kappa shape index (κ1) is 10.6. The van der Waals surface area contributed by atoms with Crippen LogP contribution in [0.1, 0.15) is 30.4 Å². The fraction of sp³-hybridized carbons (Fsp3) is 0.500. The second-order valence-electron chi connectivity index (χ2n) is 6.00. The lowest BCUT2D eigenvalue weighted by molar-refractivity contribution is 0.616. The summed E-state index contributed by atoms with van der Waals surface area (Å²) in [7, 11) is 2.07. The molecular weight excluding hydrogens is 220 g/mol. The fourth-order valence-corrected chi connectivity index (χ4v) is 3.62. The van der Waals surface area contributed by atoms with Crippen molar-refractivity contribution in [3.63, 3.8) is 0 Å². The quantitative estimate of drug-likeness (QED) is 0.873. The van der Waals surface area contributed by atoms with Crippen molar-refractivity contribution in [1.29, 1.82) is 0 Å². The number of hydrogen-bond acceptors (Lipinski definition) is 1. The van der Waals surface area contributed by atoms with E-state index in [-0.39, 0.29) is 0 Å². The number of nitrogens with zero attached hydrogens (tertiary/aromatic N) is 1. The minimum absolute atomic E-state index is 0.443. The summed E-state index contributed by atoms with van der Waals surface area (Å²) in [5.41, 5.74) is 5.07. The Labute approximate surface area is 108 Å². The summed E-state index contributed by atoms with van der Waals surface area (Å²) >= 11 is 0. The molecule has 1 aromatic carbocycles. The van der Waals surface area contributed by atoms with Gasteiger partial charge in [0.2, 0.25) is 0 Å². The van der Waals surface area contributed by atoms with Crippen molar-refractivity contribution in [3.05, 3.63) is 35.5 Å². The Morgan fingerprint density at radius 3 is 3.00 bits per heavy atom. The third-order valence-corrected chi connectivity index (χ3v) is 4.77. The summed E-state index contributed by atoms with van der Waals surface area (Å²) < 4.78 is 2.43. The minimum Gasteiger partial charge on any atom is -0.347 e. The molecular formula is C16H20N2. The van der Waals surface area contributed by atoms with E-state index in [0.717, 1.165) is 6.54 Å². The number of hydrogen-bond donors (Lipinski definition) is 1. The molecule has 0 saturated heterocycles. The normalized spacial score (nSPS) is 20.3. The molecule has 1 saturated carbocycles. The monoisotopic (exact) mass is 240 g/mol. The van der Waals surface area contributed by atoms with Gasteiger partial charge in [0.15, 0.2) is 0 Å². The number of benzene rings is 1. The average Bonchev–Trinajstić information content (AvgIpc) is 3.06. The predicted molar refractivity (Wildman–Crippen MR) is 75.1 cm³/mol. The molecule has 2 nitrogen and oxygen atoms in total. The van der Waals surface area contributed by atoms with Crippen LogP contribution < -0.4 is 5.32 Å². The van der Waals surface area contributed by atoms with Gasteiger partial charge in [-0.15, -0.1) is 0 Å². The van der Waals surface area contributed by atoms with E-state index in [0.29, 0.717) is 5.41 Å². The molecule has 2 aromatic rings. The van der Waals surface area contributed by atoms with Crippen LogP contribution >= 0.6 is 0 Å². The third kappa shape index (κ3) is 1.39. The number of rotatable bonds is 3. The van der Waals surface area contributed by atoms with E-state index in [1.165, 1.54) is 43.1 Å². The maximum atomic E-state index is 3.37. The smallest absolute Gasteiger partial charge is 0.0513 e. The largest absolute Gasteiger partial charge is 0.347 e. The number of nitrogens with one attached hydrogen (secondary N) is 1. The molecule has 2 aliphatic rings. The molecule has 1 N–H and O–H groups in total. The first-order valence-corrected chi connectivity index (χ1v) is 7.09. The van der Waals surface area contributed by atoms with E-state index in [1.54, 1.807) is 11.1 Å². The highest BCUT2D eigenvalue weighted by Gasteiger charge is 2.43. The lowest BCUT2D eigenvalue weighted by Gasteiger charge is -2.20. The molecule has 0 spiro atoms. The van der Waals surface area contributed by atoms with Crippen LogP contribution in [0.3, 0.4) is 0 Å². The van der Waals surface area contributed by atoms with E-state index >= 15 is 0 Å². The zero-order valence-electron chi connectivity index (χ0n) is 11.0. The van der Waals surface area contributed by atoms with Crippen LogP contribution in [-0.4, -0.2) is 18.2 Å². The topological polar surface area (TPSA) is 17.0 Å². The lowest BCUT2D eigenvalue weighted by Crippen LogP contribution is -2.23. The number of aryl methyl sites for hydroxylation is 2.